The zero-order valence-corrected chi connectivity index (χ0v) is 15.0. The Kier molecular flexibility index (Phi) is 4.10. The summed E-state index contributed by atoms with van der Waals surface area (Å²) < 4.78 is 5.43. The van der Waals surface area contributed by atoms with Gasteiger partial charge in [0.15, 0.2) is 0 Å². The van der Waals surface area contributed by atoms with Crippen LogP contribution in [0.5, 0.6) is 5.88 Å². The molecule has 8 nitrogen and oxygen atoms in total. The lowest BCUT2D eigenvalue weighted by atomic mass is 10.0. The standard InChI is InChI=1S/C20H18N6O2/c27-20-19(22-5-6-23-20)13-1-2-16-15(11-13)18(25-24-16)14-3-4-21-17(12-14)26-7-9-28-10-8-26/h1-6,11-12H,7-10H2,(H,23,27)(H,24,25). The van der Waals surface area contributed by atoms with Crippen LogP contribution in [0.25, 0.3) is 33.4 Å². The summed E-state index contributed by atoms with van der Waals surface area (Å²) in [4.78, 5) is 14.9. The number of H-pyrrole nitrogens is 1. The fraction of sp³-hybridized carbons (Fsp3) is 0.200. The van der Waals surface area contributed by atoms with Gasteiger partial charge < -0.3 is 14.7 Å². The Hall–Kier alpha value is -3.52. The van der Waals surface area contributed by atoms with Crippen molar-refractivity contribution in [1.82, 2.24) is 25.1 Å². The maximum atomic E-state index is 10.0. The predicted molar refractivity (Wildman–Crippen MR) is 105 cm³/mol. The van der Waals surface area contributed by atoms with Gasteiger partial charge in [-0.2, -0.15) is 5.10 Å². The van der Waals surface area contributed by atoms with Crippen LogP contribution in [0, 0.1) is 0 Å². The molecule has 28 heavy (non-hydrogen) atoms. The molecule has 1 saturated heterocycles. The number of benzene rings is 1. The van der Waals surface area contributed by atoms with Crippen LogP contribution in [0.3, 0.4) is 0 Å². The van der Waals surface area contributed by atoms with Crippen molar-refractivity contribution >= 4 is 16.7 Å². The van der Waals surface area contributed by atoms with Crippen LogP contribution in [0.1, 0.15) is 0 Å². The van der Waals surface area contributed by atoms with Crippen LogP contribution < -0.4 is 4.90 Å². The largest absolute Gasteiger partial charge is 0.492 e. The fourth-order valence-electron chi connectivity index (χ4n) is 3.45. The molecule has 4 aromatic rings. The van der Waals surface area contributed by atoms with Gasteiger partial charge in [0.25, 0.3) is 0 Å². The first kappa shape index (κ1) is 16.6. The molecule has 4 heterocycles. The number of morpholine rings is 1. The van der Waals surface area contributed by atoms with Crippen LogP contribution in [-0.2, 0) is 4.74 Å². The number of rotatable bonds is 3. The quantitative estimate of drug-likeness (QED) is 0.568. The van der Waals surface area contributed by atoms with Crippen molar-refractivity contribution in [3.8, 4) is 28.4 Å². The highest BCUT2D eigenvalue weighted by molar-refractivity contribution is 5.95. The van der Waals surface area contributed by atoms with Crippen LogP contribution in [0.15, 0.2) is 48.9 Å². The molecule has 3 aromatic heterocycles. The van der Waals surface area contributed by atoms with E-state index in [1.165, 1.54) is 6.20 Å². The smallest absolute Gasteiger partial charge is 0.238 e. The molecule has 1 aliphatic rings. The van der Waals surface area contributed by atoms with Crippen LogP contribution in [0.4, 0.5) is 5.82 Å². The maximum Gasteiger partial charge on any atom is 0.238 e. The van der Waals surface area contributed by atoms with Crippen molar-refractivity contribution in [2.24, 2.45) is 0 Å². The fourth-order valence-corrected chi connectivity index (χ4v) is 3.45. The zero-order chi connectivity index (χ0) is 18.9. The number of nitrogens with one attached hydrogen (secondary N) is 1. The molecule has 0 amide bonds. The van der Waals surface area contributed by atoms with Gasteiger partial charge in [-0.25, -0.2) is 15.0 Å². The van der Waals surface area contributed by atoms with E-state index in [2.05, 4.69) is 30.0 Å². The summed E-state index contributed by atoms with van der Waals surface area (Å²) in [6.45, 7) is 3.08. The molecule has 1 fully saturated rings. The predicted octanol–water partition coefficient (Wildman–Crippen LogP) is 2.62. The number of anilines is 1. The van der Waals surface area contributed by atoms with Gasteiger partial charge in [-0.15, -0.1) is 0 Å². The number of hydrogen-bond donors (Lipinski definition) is 2. The van der Waals surface area contributed by atoms with Crippen LogP contribution >= 0.6 is 0 Å². The second-order valence-corrected chi connectivity index (χ2v) is 6.56. The topological polar surface area (TPSA) is 100 Å². The van der Waals surface area contributed by atoms with E-state index in [1.54, 1.807) is 12.4 Å². The molecule has 0 unspecified atom stereocenters. The van der Waals surface area contributed by atoms with Gasteiger partial charge >= 0.3 is 0 Å². The maximum absolute atomic E-state index is 10.0. The van der Waals surface area contributed by atoms with E-state index in [0.29, 0.717) is 18.9 Å². The monoisotopic (exact) mass is 374 g/mol. The molecule has 0 radical (unpaired) electrons. The van der Waals surface area contributed by atoms with Crippen molar-refractivity contribution in [2.75, 3.05) is 31.2 Å². The Morgan fingerprint density at radius 2 is 1.71 bits per heavy atom. The first-order chi connectivity index (χ1) is 13.8. The van der Waals surface area contributed by atoms with Gasteiger partial charge in [-0.05, 0) is 24.3 Å². The van der Waals surface area contributed by atoms with E-state index < -0.39 is 0 Å². The van der Waals surface area contributed by atoms with E-state index in [9.17, 15) is 5.11 Å². The highest BCUT2D eigenvalue weighted by Crippen LogP contribution is 2.32. The summed E-state index contributed by atoms with van der Waals surface area (Å²) >= 11 is 0. The Labute approximate surface area is 160 Å². The SMILES string of the molecule is Oc1nccnc1-c1ccc2[nH]nc(-c3ccnc(N4CCOCC4)c3)c2c1. The first-order valence-electron chi connectivity index (χ1n) is 9.07. The van der Waals surface area contributed by atoms with Crippen molar-refractivity contribution in [3.63, 3.8) is 0 Å². The minimum Gasteiger partial charge on any atom is -0.492 e. The van der Waals surface area contributed by atoms with Gasteiger partial charge in [-0.3, -0.25) is 5.10 Å². The molecule has 0 atom stereocenters. The second-order valence-electron chi connectivity index (χ2n) is 6.56. The second kappa shape index (κ2) is 6.90. The minimum absolute atomic E-state index is 0.0922. The Bertz CT molecular complexity index is 1140. The van der Waals surface area contributed by atoms with Crippen LogP contribution in [-0.4, -0.2) is 56.6 Å². The van der Waals surface area contributed by atoms with Gasteiger partial charge in [0, 0.05) is 48.2 Å². The van der Waals surface area contributed by atoms with Gasteiger partial charge in [0.05, 0.1) is 18.7 Å². The minimum atomic E-state index is -0.0922. The summed E-state index contributed by atoms with van der Waals surface area (Å²) in [5, 5.41) is 18.6. The molecule has 1 aliphatic heterocycles. The summed E-state index contributed by atoms with van der Waals surface area (Å²) in [5.41, 5.74) is 3.94. The molecule has 2 N–H and O–H groups in total. The van der Waals surface area contributed by atoms with Gasteiger partial charge in [0.1, 0.15) is 17.2 Å². The Morgan fingerprint density at radius 1 is 0.893 bits per heavy atom. The Balaban J connectivity index is 1.58. The first-order valence-corrected chi connectivity index (χ1v) is 9.07. The molecule has 0 bridgehead atoms. The summed E-state index contributed by atoms with van der Waals surface area (Å²) in [6.07, 6.45) is 4.83. The van der Waals surface area contributed by atoms with E-state index in [-0.39, 0.29) is 5.88 Å². The van der Waals surface area contributed by atoms with Crippen LogP contribution in [0.2, 0.25) is 0 Å². The summed E-state index contributed by atoms with van der Waals surface area (Å²) in [6, 6.07) is 9.78. The number of nitrogens with zero attached hydrogens (tertiary/aromatic N) is 5. The number of ether oxygens (including phenoxy) is 1. The molecule has 0 spiro atoms. The van der Waals surface area contributed by atoms with E-state index >= 15 is 0 Å². The number of hydrogen-bond acceptors (Lipinski definition) is 7. The lowest BCUT2D eigenvalue weighted by Crippen LogP contribution is -2.36. The highest BCUT2D eigenvalue weighted by atomic mass is 16.5. The average molecular weight is 374 g/mol. The summed E-state index contributed by atoms with van der Waals surface area (Å²) in [7, 11) is 0. The molecular formula is C20H18N6O2. The summed E-state index contributed by atoms with van der Waals surface area (Å²) in [5.74, 6) is 0.824. The third-order valence-electron chi connectivity index (χ3n) is 4.87. The average Bonchev–Trinajstić information content (AvgIpc) is 3.18. The number of pyridine rings is 1. The van der Waals surface area contributed by atoms with Crippen molar-refractivity contribution in [1.29, 1.82) is 0 Å². The van der Waals surface area contributed by atoms with Gasteiger partial charge in [0.2, 0.25) is 5.88 Å². The lowest BCUT2D eigenvalue weighted by Gasteiger charge is -2.27. The molecule has 1 aromatic carbocycles. The highest BCUT2D eigenvalue weighted by Gasteiger charge is 2.16. The molecule has 8 heteroatoms. The van der Waals surface area contributed by atoms with E-state index in [1.807, 2.05) is 30.3 Å². The van der Waals surface area contributed by atoms with E-state index in [0.717, 1.165) is 46.6 Å². The molecule has 5 rings (SSSR count). The van der Waals surface area contributed by atoms with Gasteiger partial charge in [-0.1, -0.05) is 6.07 Å². The molecule has 140 valence electrons. The number of aromatic amines is 1. The number of aromatic nitrogens is 5. The third kappa shape index (κ3) is 2.93. The zero-order valence-electron chi connectivity index (χ0n) is 15.0. The normalized spacial score (nSPS) is 14.5. The van der Waals surface area contributed by atoms with Crippen molar-refractivity contribution < 1.29 is 9.84 Å². The number of aromatic hydroxyl groups is 1. The molecular weight excluding hydrogens is 356 g/mol. The van der Waals surface area contributed by atoms with E-state index in [4.69, 9.17) is 4.74 Å². The Morgan fingerprint density at radius 3 is 2.57 bits per heavy atom. The third-order valence-corrected chi connectivity index (χ3v) is 4.87. The molecule has 0 saturated carbocycles. The lowest BCUT2D eigenvalue weighted by molar-refractivity contribution is 0.122. The molecule has 0 aliphatic carbocycles. The van der Waals surface area contributed by atoms with Crippen molar-refractivity contribution in [3.05, 3.63) is 48.9 Å². The van der Waals surface area contributed by atoms with Crippen molar-refractivity contribution in [2.45, 2.75) is 0 Å². The number of fused-ring (bicyclic) bond motifs is 1.